The van der Waals surface area contributed by atoms with Gasteiger partial charge < -0.3 is 4.90 Å². The minimum atomic E-state index is -0.528. The number of hydrogen-bond donors (Lipinski definition) is 0. The lowest BCUT2D eigenvalue weighted by Gasteiger charge is -2.33. The molecule has 0 amide bonds. The highest BCUT2D eigenvalue weighted by molar-refractivity contribution is 5.60. The Hall–Kier alpha value is -2.95. The molecule has 1 aromatic heterocycles. The van der Waals surface area contributed by atoms with Crippen molar-refractivity contribution in [2.75, 3.05) is 18.0 Å². The molecule has 0 atom stereocenters. The van der Waals surface area contributed by atoms with Crippen LogP contribution < -0.4 is 4.90 Å². The van der Waals surface area contributed by atoms with E-state index in [4.69, 9.17) is 5.26 Å². The molecule has 8 nitrogen and oxygen atoms in total. The zero-order valence-corrected chi connectivity index (χ0v) is 11.8. The van der Waals surface area contributed by atoms with Crippen LogP contribution in [0.3, 0.4) is 0 Å². The quantitative estimate of drug-likeness (QED) is 0.633. The van der Waals surface area contributed by atoms with Crippen LogP contribution in [-0.4, -0.2) is 33.0 Å². The average Bonchev–Trinajstić information content (AvgIpc) is 3.08. The van der Waals surface area contributed by atoms with Gasteiger partial charge in [-0.15, -0.1) is 5.10 Å². The van der Waals surface area contributed by atoms with Crippen LogP contribution >= 0.6 is 0 Å². The summed E-state index contributed by atoms with van der Waals surface area (Å²) in [6.45, 7) is 1.63. The predicted molar refractivity (Wildman–Crippen MR) is 78.3 cm³/mol. The number of nitrogens with zero attached hydrogens (tertiary/aromatic N) is 6. The Balaban J connectivity index is 1.74. The average molecular weight is 298 g/mol. The fourth-order valence-corrected chi connectivity index (χ4v) is 2.77. The summed E-state index contributed by atoms with van der Waals surface area (Å²) in [5.41, 5.74) is 0.795. The van der Waals surface area contributed by atoms with Crippen molar-refractivity contribution in [2.45, 2.75) is 18.9 Å². The van der Waals surface area contributed by atoms with E-state index in [1.54, 1.807) is 18.3 Å². The topological polar surface area (TPSA) is 101 Å². The van der Waals surface area contributed by atoms with Gasteiger partial charge in [0.05, 0.1) is 17.2 Å². The number of nitro groups is 1. The Labute approximate surface area is 126 Å². The molecule has 0 radical (unpaired) electrons. The molecule has 0 saturated carbocycles. The second-order valence-corrected chi connectivity index (χ2v) is 5.17. The summed E-state index contributed by atoms with van der Waals surface area (Å²) in [6.07, 6.45) is 5.37. The van der Waals surface area contributed by atoms with E-state index in [2.05, 4.69) is 15.2 Å². The van der Waals surface area contributed by atoms with E-state index in [1.807, 2.05) is 16.9 Å². The van der Waals surface area contributed by atoms with Crippen LogP contribution in [0.15, 0.2) is 30.6 Å². The molecule has 0 unspecified atom stereocenters. The van der Waals surface area contributed by atoms with Crippen LogP contribution in [0.4, 0.5) is 11.4 Å². The van der Waals surface area contributed by atoms with Crippen molar-refractivity contribution in [3.63, 3.8) is 0 Å². The van der Waals surface area contributed by atoms with Crippen LogP contribution in [0.1, 0.15) is 24.4 Å². The summed E-state index contributed by atoms with van der Waals surface area (Å²) in [4.78, 5) is 12.5. The zero-order valence-electron chi connectivity index (χ0n) is 11.8. The van der Waals surface area contributed by atoms with E-state index >= 15 is 0 Å². The third-order valence-electron chi connectivity index (χ3n) is 3.94. The Bertz CT molecular complexity index is 713. The summed E-state index contributed by atoms with van der Waals surface area (Å²) >= 11 is 0. The third kappa shape index (κ3) is 2.61. The predicted octanol–water partition coefficient (Wildman–Crippen LogP) is 1.90. The van der Waals surface area contributed by atoms with E-state index in [9.17, 15) is 10.1 Å². The van der Waals surface area contributed by atoms with Gasteiger partial charge >= 0.3 is 0 Å². The van der Waals surface area contributed by atoms with E-state index in [-0.39, 0.29) is 11.3 Å². The van der Waals surface area contributed by atoms with Crippen LogP contribution in [0.5, 0.6) is 0 Å². The first-order chi connectivity index (χ1) is 10.7. The lowest BCUT2D eigenvalue weighted by molar-refractivity contribution is -0.385. The number of hydrogen-bond acceptors (Lipinski definition) is 6. The lowest BCUT2D eigenvalue weighted by atomic mass is 10.0. The molecular formula is C14H14N6O2. The molecule has 2 heterocycles. The molecule has 22 heavy (non-hydrogen) atoms. The smallest absolute Gasteiger partial charge is 0.287 e. The van der Waals surface area contributed by atoms with Crippen molar-refractivity contribution in [1.82, 2.24) is 15.0 Å². The number of nitro benzene ring substituents is 1. The molecule has 1 aliphatic rings. The molecule has 8 heteroatoms. The van der Waals surface area contributed by atoms with Gasteiger partial charge in [0.15, 0.2) is 0 Å². The summed E-state index contributed by atoms with van der Waals surface area (Å²) < 4.78 is 1.87. The third-order valence-corrected chi connectivity index (χ3v) is 3.94. The van der Waals surface area contributed by atoms with Gasteiger partial charge in [-0.1, -0.05) is 5.21 Å². The molecule has 1 aliphatic heterocycles. The van der Waals surface area contributed by atoms with E-state index in [0.717, 1.165) is 31.6 Å². The SMILES string of the molecule is N#Cc1cc(N2CCC(n3ccnn3)CC2)ccc1[N+](=O)[O-]. The minimum Gasteiger partial charge on any atom is -0.371 e. The number of benzene rings is 1. The van der Waals surface area contributed by atoms with Gasteiger partial charge in [-0.25, -0.2) is 4.68 Å². The molecule has 2 aromatic rings. The van der Waals surface area contributed by atoms with Gasteiger partial charge in [-0.2, -0.15) is 5.26 Å². The summed E-state index contributed by atoms with van der Waals surface area (Å²) in [5.74, 6) is 0. The molecule has 0 N–H and O–H groups in total. The molecule has 1 saturated heterocycles. The number of rotatable bonds is 3. The van der Waals surface area contributed by atoms with Crippen molar-refractivity contribution in [3.05, 3.63) is 46.3 Å². The molecule has 0 bridgehead atoms. The summed E-state index contributed by atoms with van der Waals surface area (Å²) in [5, 5.41) is 27.8. The molecule has 0 spiro atoms. The number of piperidine rings is 1. The Morgan fingerprint density at radius 2 is 2.14 bits per heavy atom. The maximum absolute atomic E-state index is 10.9. The van der Waals surface area contributed by atoms with Gasteiger partial charge in [-0.05, 0) is 25.0 Å². The van der Waals surface area contributed by atoms with Crippen molar-refractivity contribution >= 4 is 11.4 Å². The van der Waals surface area contributed by atoms with Crippen LogP contribution in [0.25, 0.3) is 0 Å². The first kappa shape index (κ1) is 14.0. The first-order valence-electron chi connectivity index (χ1n) is 6.98. The van der Waals surface area contributed by atoms with Crippen LogP contribution in [0, 0.1) is 21.4 Å². The van der Waals surface area contributed by atoms with Crippen LogP contribution in [-0.2, 0) is 0 Å². The second-order valence-electron chi connectivity index (χ2n) is 5.17. The number of aromatic nitrogens is 3. The molecular weight excluding hydrogens is 284 g/mol. The van der Waals surface area contributed by atoms with Gasteiger partial charge in [0.25, 0.3) is 5.69 Å². The summed E-state index contributed by atoms with van der Waals surface area (Å²) in [6, 6.07) is 6.92. The van der Waals surface area contributed by atoms with E-state index < -0.39 is 4.92 Å². The Morgan fingerprint density at radius 1 is 1.36 bits per heavy atom. The standard InChI is InChI=1S/C14H14N6O2/c15-10-11-9-13(1-2-14(11)20(21)22)18-6-3-12(4-7-18)19-8-5-16-17-19/h1-2,5,8-9,12H,3-4,6-7H2. The fraction of sp³-hybridized carbons (Fsp3) is 0.357. The fourth-order valence-electron chi connectivity index (χ4n) is 2.77. The van der Waals surface area contributed by atoms with Gasteiger partial charge in [0.1, 0.15) is 11.6 Å². The maximum atomic E-state index is 10.9. The molecule has 0 aliphatic carbocycles. The zero-order chi connectivity index (χ0) is 15.5. The lowest BCUT2D eigenvalue weighted by Crippen LogP contribution is -2.34. The number of nitriles is 1. The first-order valence-corrected chi connectivity index (χ1v) is 6.98. The van der Waals surface area contributed by atoms with E-state index in [1.165, 1.54) is 6.07 Å². The summed E-state index contributed by atoms with van der Waals surface area (Å²) in [7, 11) is 0. The highest BCUT2D eigenvalue weighted by atomic mass is 16.6. The normalized spacial score (nSPS) is 15.5. The molecule has 1 fully saturated rings. The monoisotopic (exact) mass is 298 g/mol. The van der Waals surface area contributed by atoms with Crippen molar-refractivity contribution in [3.8, 4) is 6.07 Å². The van der Waals surface area contributed by atoms with Gasteiger partial charge in [-0.3, -0.25) is 10.1 Å². The number of anilines is 1. The van der Waals surface area contributed by atoms with Crippen molar-refractivity contribution in [1.29, 1.82) is 5.26 Å². The minimum absolute atomic E-state index is 0.0981. The van der Waals surface area contributed by atoms with Gasteiger partial charge in [0, 0.05) is 31.0 Å². The Kier molecular flexibility index (Phi) is 3.70. The Morgan fingerprint density at radius 3 is 2.73 bits per heavy atom. The molecule has 112 valence electrons. The van der Waals surface area contributed by atoms with E-state index in [0.29, 0.717) is 6.04 Å². The largest absolute Gasteiger partial charge is 0.371 e. The van der Waals surface area contributed by atoms with Crippen molar-refractivity contribution in [2.24, 2.45) is 0 Å². The highest BCUT2D eigenvalue weighted by Crippen LogP contribution is 2.29. The second kappa shape index (κ2) is 5.81. The maximum Gasteiger partial charge on any atom is 0.287 e. The van der Waals surface area contributed by atoms with Gasteiger partial charge in [0.2, 0.25) is 0 Å². The molecule has 3 rings (SSSR count). The van der Waals surface area contributed by atoms with Crippen LogP contribution in [0.2, 0.25) is 0 Å². The highest BCUT2D eigenvalue weighted by Gasteiger charge is 2.23. The molecule has 1 aromatic carbocycles. The van der Waals surface area contributed by atoms with Crippen molar-refractivity contribution < 1.29 is 4.92 Å².